The molecule has 1 aromatic rings. The molecule has 2 aliphatic heterocycles. The first-order chi connectivity index (χ1) is 16.7. The number of benzene rings is 1. The average molecular weight is 602 g/mol. The third-order valence-electron chi connectivity index (χ3n) is 6.25. The van der Waals surface area contributed by atoms with Gasteiger partial charge in [-0.2, -0.15) is 0 Å². The molecule has 11 heteroatoms. The fourth-order valence-electron chi connectivity index (χ4n) is 4.44. The van der Waals surface area contributed by atoms with Gasteiger partial charge >= 0.3 is 11.9 Å². The van der Waals surface area contributed by atoms with Crippen LogP contribution in [0.2, 0.25) is 0 Å². The van der Waals surface area contributed by atoms with Gasteiger partial charge < -0.3 is 28.7 Å². The molecule has 10 nitrogen and oxygen atoms in total. The van der Waals surface area contributed by atoms with Crippen LogP contribution in [0.5, 0.6) is 11.5 Å². The van der Waals surface area contributed by atoms with Gasteiger partial charge in [-0.3, -0.25) is 9.59 Å². The summed E-state index contributed by atoms with van der Waals surface area (Å²) >= 11 is 2.04. The zero-order valence-corrected chi connectivity index (χ0v) is 22.5. The van der Waals surface area contributed by atoms with Crippen LogP contribution in [0.3, 0.4) is 0 Å². The molecule has 2 amide bonds. The van der Waals surface area contributed by atoms with Crippen molar-refractivity contribution >= 4 is 46.3 Å². The summed E-state index contributed by atoms with van der Waals surface area (Å²) in [5.74, 6) is -0.617. The first-order valence-corrected chi connectivity index (χ1v) is 12.7. The molecular weight excluding hydrogens is 571 g/mol. The second-order valence-electron chi connectivity index (χ2n) is 8.51. The quantitative estimate of drug-likeness (QED) is 0.329. The van der Waals surface area contributed by atoms with Gasteiger partial charge in [0.2, 0.25) is 0 Å². The van der Waals surface area contributed by atoms with Gasteiger partial charge in [-0.1, -0.05) is 6.07 Å². The standard InChI is InChI=1S/C24H31IN2O8/c1-14(21(28)26-12-6-8-16(26)23(30)32-3)34-18-10-5-11-19(20(18)25)35-15(2)22(29)27-13-7-9-17(27)24(31)33-4/h5,10-11,14-17H,6-9,12-13H2,1-4H3/t14-,15-,16+,17+/m1/s1. The van der Waals surface area contributed by atoms with Crippen LogP contribution in [0.4, 0.5) is 0 Å². The number of hydrogen-bond acceptors (Lipinski definition) is 8. The minimum Gasteiger partial charge on any atom is -0.480 e. The van der Waals surface area contributed by atoms with E-state index in [4.69, 9.17) is 18.9 Å². The highest BCUT2D eigenvalue weighted by Crippen LogP contribution is 2.32. The molecule has 2 aliphatic rings. The second kappa shape index (κ2) is 11.9. The Hall–Kier alpha value is -2.57. The number of amides is 2. The average Bonchev–Trinajstić information content (AvgIpc) is 3.54. The Balaban J connectivity index is 1.67. The van der Waals surface area contributed by atoms with Gasteiger partial charge in [0.15, 0.2) is 12.2 Å². The summed E-state index contributed by atoms with van der Waals surface area (Å²) in [6.45, 7) is 4.20. The van der Waals surface area contributed by atoms with Crippen molar-refractivity contribution in [2.24, 2.45) is 0 Å². The first kappa shape index (κ1) is 27.0. The van der Waals surface area contributed by atoms with Crippen molar-refractivity contribution in [3.63, 3.8) is 0 Å². The lowest BCUT2D eigenvalue weighted by Crippen LogP contribution is -2.46. The summed E-state index contributed by atoms with van der Waals surface area (Å²) in [6, 6.07) is 3.93. The summed E-state index contributed by atoms with van der Waals surface area (Å²) < 4.78 is 22.1. The van der Waals surface area contributed by atoms with E-state index in [2.05, 4.69) is 0 Å². The molecule has 2 heterocycles. The fraction of sp³-hybridized carbons (Fsp3) is 0.583. The van der Waals surface area contributed by atoms with E-state index in [1.54, 1.807) is 32.0 Å². The van der Waals surface area contributed by atoms with Crippen molar-refractivity contribution in [1.82, 2.24) is 9.80 Å². The molecule has 0 N–H and O–H groups in total. The number of nitrogens with zero attached hydrogens (tertiary/aromatic N) is 2. The zero-order valence-electron chi connectivity index (χ0n) is 20.3. The molecule has 0 saturated carbocycles. The fourth-order valence-corrected chi connectivity index (χ4v) is 5.06. The third-order valence-corrected chi connectivity index (χ3v) is 7.31. The lowest BCUT2D eigenvalue weighted by molar-refractivity contribution is -0.153. The van der Waals surface area contributed by atoms with Crippen LogP contribution < -0.4 is 9.47 Å². The molecular formula is C24H31IN2O8. The van der Waals surface area contributed by atoms with Crippen LogP contribution in [0.25, 0.3) is 0 Å². The summed E-state index contributed by atoms with van der Waals surface area (Å²) in [5.41, 5.74) is 0. The number of methoxy groups -OCH3 is 2. The van der Waals surface area contributed by atoms with E-state index in [0.717, 1.165) is 12.8 Å². The van der Waals surface area contributed by atoms with Crippen LogP contribution in [-0.4, -0.2) is 85.2 Å². The van der Waals surface area contributed by atoms with Crippen molar-refractivity contribution in [3.8, 4) is 11.5 Å². The van der Waals surface area contributed by atoms with Gasteiger partial charge in [0.05, 0.1) is 17.8 Å². The van der Waals surface area contributed by atoms with Crippen molar-refractivity contribution in [2.45, 2.75) is 63.8 Å². The molecule has 192 valence electrons. The monoisotopic (exact) mass is 602 g/mol. The van der Waals surface area contributed by atoms with Crippen molar-refractivity contribution in [2.75, 3.05) is 27.3 Å². The molecule has 0 aliphatic carbocycles. The first-order valence-electron chi connectivity index (χ1n) is 11.6. The molecule has 2 fully saturated rings. The number of esters is 2. The maximum atomic E-state index is 13.0. The Bertz CT molecular complexity index is 899. The summed E-state index contributed by atoms with van der Waals surface area (Å²) in [7, 11) is 2.62. The number of carbonyl (C=O) groups excluding carboxylic acids is 4. The van der Waals surface area contributed by atoms with Crippen LogP contribution in [-0.2, 0) is 28.7 Å². The third kappa shape index (κ3) is 5.99. The molecule has 0 bridgehead atoms. The number of rotatable bonds is 8. The summed E-state index contributed by atoms with van der Waals surface area (Å²) in [6.07, 6.45) is 0.886. The predicted octanol–water partition coefficient (Wildman–Crippen LogP) is 2.15. The molecule has 0 radical (unpaired) electrons. The van der Waals surface area contributed by atoms with Crippen LogP contribution >= 0.6 is 22.6 Å². The highest BCUT2D eigenvalue weighted by atomic mass is 127. The van der Waals surface area contributed by atoms with Crippen molar-refractivity contribution in [1.29, 1.82) is 0 Å². The highest BCUT2D eigenvalue weighted by molar-refractivity contribution is 14.1. The number of ether oxygens (including phenoxy) is 4. The smallest absolute Gasteiger partial charge is 0.328 e. The molecule has 2 saturated heterocycles. The zero-order chi connectivity index (χ0) is 25.7. The van der Waals surface area contributed by atoms with Crippen LogP contribution in [0.15, 0.2) is 18.2 Å². The van der Waals surface area contributed by atoms with E-state index in [-0.39, 0.29) is 11.8 Å². The Kier molecular flexibility index (Phi) is 9.20. The lowest BCUT2D eigenvalue weighted by Gasteiger charge is -2.27. The van der Waals surface area contributed by atoms with Gasteiger partial charge in [0.1, 0.15) is 23.6 Å². The topological polar surface area (TPSA) is 112 Å². The molecule has 3 rings (SSSR count). The molecule has 1 aromatic carbocycles. The van der Waals surface area contributed by atoms with Gasteiger partial charge in [0.25, 0.3) is 11.8 Å². The maximum Gasteiger partial charge on any atom is 0.328 e. The normalized spacial score (nSPS) is 21.3. The van der Waals surface area contributed by atoms with Crippen LogP contribution in [0, 0.1) is 3.57 Å². The van der Waals surface area contributed by atoms with Crippen LogP contribution in [0.1, 0.15) is 39.5 Å². The summed E-state index contributed by atoms with van der Waals surface area (Å²) in [5, 5.41) is 0. The Morgan fingerprint density at radius 3 is 1.60 bits per heavy atom. The van der Waals surface area contributed by atoms with Gasteiger partial charge in [0, 0.05) is 13.1 Å². The number of likely N-dealkylation sites (tertiary alicyclic amines) is 2. The van der Waals surface area contributed by atoms with E-state index < -0.39 is 36.2 Å². The predicted molar refractivity (Wildman–Crippen MR) is 133 cm³/mol. The van der Waals surface area contributed by atoms with E-state index >= 15 is 0 Å². The SMILES string of the molecule is COC(=O)[C@@H]1CCCN1C(=O)[C@@H](C)Oc1cccc(O[C@H](C)C(=O)N2CCC[C@H]2C(=O)OC)c1I. The number of carbonyl (C=O) groups is 4. The van der Waals surface area contributed by atoms with E-state index in [1.807, 2.05) is 22.6 Å². The Labute approximate surface area is 218 Å². The van der Waals surface area contributed by atoms with Gasteiger partial charge in [-0.25, -0.2) is 9.59 Å². The van der Waals surface area contributed by atoms with Gasteiger partial charge in [-0.05, 0) is 74.3 Å². The Morgan fingerprint density at radius 2 is 1.23 bits per heavy atom. The minimum atomic E-state index is -0.839. The molecule has 0 spiro atoms. The molecule has 35 heavy (non-hydrogen) atoms. The van der Waals surface area contributed by atoms with E-state index in [0.29, 0.717) is 41.0 Å². The van der Waals surface area contributed by atoms with Crippen molar-refractivity contribution in [3.05, 3.63) is 21.8 Å². The molecule has 0 aromatic heterocycles. The van der Waals surface area contributed by atoms with Gasteiger partial charge in [-0.15, -0.1) is 0 Å². The summed E-state index contributed by atoms with van der Waals surface area (Å²) in [4.78, 5) is 53.0. The number of halogens is 1. The highest BCUT2D eigenvalue weighted by Gasteiger charge is 2.38. The van der Waals surface area contributed by atoms with E-state index in [9.17, 15) is 19.2 Å². The Morgan fingerprint density at radius 1 is 0.829 bits per heavy atom. The van der Waals surface area contributed by atoms with E-state index in [1.165, 1.54) is 24.0 Å². The second-order valence-corrected chi connectivity index (χ2v) is 9.59. The maximum absolute atomic E-state index is 13.0. The molecule has 0 unspecified atom stereocenters. The largest absolute Gasteiger partial charge is 0.480 e. The number of hydrogen-bond donors (Lipinski definition) is 0. The lowest BCUT2D eigenvalue weighted by atomic mass is 10.2. The minimum absolute atomic E-state index is 0.300. The molecule has 4 atom stereocenters. The van der Waals surface area contributed by atoms with Crippen molar-refractivity contribution < 1.29 is 38.1 Å².